The Labute approximate surface area is 395 Å². The molecule has 11 N–H and O–H groups in total. The zero-order valence-electron chi connectivity index (χ0n) is 37.1. The zero-order chi connectivity index (χ0) is 49.9. The van der Waals surface area contributed by atoms with E-state index in [0.29, 0.717) is 44.9 Å². The number of benzene rings is 7. The van der Waals surface area contributed by atoms with Gasteiger partial charge in [-0.15, -0.1) is 5.10 Å². The maximum Gasteiger partial charge on any atom is 0.328 e. The van der Waals surface area contributed by atoms with E-state index in [4.69, 9.17) is 29.3 Å². The van der Waals surface area contributed by atoms with Crippen LogP contribution in [0.4, 0.5) is 22.7 Å². The third-order valence-electron chi connectivity index (χ3n) is 10.0. The van der Waals surface area contributed by atoms with Crippen LogP contribution in [-0.4, -0.2) is 83.7 Å². The van der Waals surface area contributed by atoms with E-state index in [1.165, 1.54) is 13.8 Å². The van der Waals surface area contributed by atoms with E-state index >= 15 is 0 Å². The summed E-state index contributed by atoms with van der Waals surface area (Å²) in [5.41, 5.74) is 11.2. The summed E-state index contributed by atoms with van der Waals surface area (Å²) in [5.74, 6) is 2.46. The minimum absolute atomic E-state index is 0.263. The van der Waals surface area contributed by atoms with Crippen LogP contribution in [-0.2, 0) is 9.59 Å². The van der Waals surface area contributed by atoms with Gasteiger partial charge in [0.25, 0.3) is 17.7 Å². The molecule has 0 spiro atoms. The van der Waals surface area contributed by atoms with Crippen LogP contribution in [0.3, 0.4) is 0 Å². The van der Waals surface area contributed by atoms with Crippen molar-refractivity contribution in [3.8, 4) is 0 Å². The molecule has 19 heteroatoms. The number of fused-ring (bicyclic) bond motifs is 3. The number of carbonyl (C=O) groups excluding carboxylic acids is 3. The molecule has 0 fully saturated rings. The summed E-state index contributed by atoms with van der Waals surface area (Å²) in [7, 11) is 0. The number of hydrazine groups is 2. The van der Waals surface area contributed by atoms with E-state index in [2.05, 4.69) is 41.5 Å². The first-order chi connectivity index (χ1) is 33.3. The highest BCUT2D eigenvalue weighted by Gasteiger charge is 2.26. The molecule has 1 heterocycles. The molecule has 0 aliphatic rings. The molecule has 8 aromatic rings. The summed E-state index contributed by atoms with van der Waals surface area (Å²) < 4.78 is 0. The summed E-state index contributed by atoms with van der Waals surface area (Å²) in [6, 6.07) is 43.6. The van der Waals surface area contributed by atoms with E-state index in [9.17, 15) is 29.4 Å². The Balaban J connectivity index is 0.000000190. The Morgan fingerprint density at radius 1 is 0.580 bits per heavy atom. The second-order valence-electron chi connectivity index (χ2n) is 14.8. The van der Waals surface area contributed by atoms with E-state index in [1.54, 1.807) is 91.0 Å². The van der Waals surface area contributed by atoms with Crippen molar-refractivity contribution in [2.75, 3.05) is 10.6 Å². The molecule has 8 rings (SSSR count). The number of para-hydroxylation sites is 1. The van der Waals surface area contributed by atoms with E-state index in [1.807, 2.05) is 72.2 Å². The molecular formula is C50H47N11O8. The minimum atomic E-state index is -1.13. The fourth-order valence-electron chi connectivity index (χ4n) is 6.53. The number of aliphatic hydroxyl groups excluding tert-OH is 2. The Morgan fingerprint density at radius 3 is 1.46 bits per heavy atom. The number of nitrogens with two attached hydrogens (primary N) is 1. The maximum absolute atomic E-state index is 12.6. The van der Waals surface area contributed by atoms with Gasteiger partial charge in [0.05, 0.1) is 25.4 Å². The molecule has 0 bridgehead atoms. The van der Waals surface area contributed by atoms with Gasteiger partial charge in [-0.25, -0.2) is 20.3 Å². The highest BCUT2D eigenvalue weighted by atomic mass is 16.5. The van der Waals surface area contributed by atoms with Gasteiger partial charge in [-0.05, 0) is 89.1 Å². The molecule has 0 unspecified atom stereocenters. The third kappa shape index (κ3) is 13.6. The van der Waals surface area contributed by atoms with Gasteiger partial charge in [0.2, 0.25) is 0 Å². The van der Waals surface area contributed by atoms with Crippen molar-refractivity contribution in [1.29, 1.82) is 0 Å². The number of nitrogens with zero attached hydrogens (tertiary/aromatic N) is 5. The van der Waals surface area contributed by atoms with Crippen LogP contribution in [0.25, 0.3) is 42.3 Å². The standard InChI is InChI=1S/C22H20N4O3.C15H14N2O3.C7H8N2O.C6H5N3O/c1-14(27)20(22(29)26-25-21(28)15-8-4-3-5-9-15)24-19-13-12-18(23-2)16-10-6-7-11-17(16)19;1-9(18)14(15(19)20)17-13-8-7-12(16-2)10-5-3-4-6-11(10)13;8-9-7(10)6-4-2-1-3-5-6;10-9-6-4-2-1-3-5(6)7-8-9/h3-14,20,24,27H,1H3,(H,25,28)(H,26,29);3-9,14,17-18H,1H3,(H,19,20);1-5H,8H2,(H,9,10);1-4,10H/t14-,20+;9-,14+;;/m00../s1. The molecule has 1 aromatic heterocycles. The normalized spacial score (nSPS) is 11.9. The first-order valence-electron chi connectivity index (χ1n) is 20.9. The number of carboxylic acids is 1. The van der Waals surface area contributed by atoms with Crippen LogP contribution < -0.4 is 32.8 Å². The Hall–Kier alpha value is -9.40. The molecule has 0 aliphatic heterocycles. The first-order valence-corrected chi connectivity index (χ1v) is 20.9. The lowest BCUT2D eigenvalue weighted by Crippen LogP contribution is -2.52. The Bertz CT molecular complexity index is 3120. The minimum Gasteiger partial charge on any atom is -0.480 e. The van der Waals surface area contributed by atoms with Gasteiger partial charge in [-0.2, -0.15) is 0 Å². The smallest absolute Gasteiger partial charge is 0.328 e. The van der Waals surface area contributed by atoms with Gasteiger partial charge in [-0.3, -0.25) is 30.7 Å². The second kappa shape index (κ2) is 24.8. The van der Waals surface area contributed by atoms with E-state index in [0.717, 1.165) is 26.4 Å². The predicted molar refractivity (Wildman–Crippen MR) is 261 cm³/mol. The van der Waals surface area contributed by atoms with Gasteiger partial charge in [0.1, 0.15) is 17.1 Å². The molecule has 0 saturated heterocycles. The van der Waals surface area contributed by atoms with Gasteiger partial charge in [0, 0.05) is 22.5 Å². The van der Waals surface area contributed by atoms with Gasteiger partial charge < -0.3 is 31.2 Å². The van der Waals surface area contributed by atoms with Crippen molar-refractivity contribution in [2.24, 2.45) is 5.84 Å². The SMILES string of the molecule is NNC(=O)c1ccccc1.On1nnc2ccccc21.[C-]#[N+]c1ccc(N[C@@H](C(=O)NNC(=O)c2ccccc2)[C@H](C)O)c2ccccc12.[C-]#[N+]c1ccc(N[C@@H](C(=O)O)[C@H](C)O)c2ccccc12. The largest absolute Gasteiger partial charge is 0.480 e. The van der Waals surface area contributed by atoms with Gasteiger partial charge >= 0.3 is 5.97 Å². The summed E-state index contributed by atoms with van der Waals surface area (Å²) >= 11 is 0. The second-order valence-corrected chi connectivity index (χ2v) is 14.8. The number of hydrogen-bond acceptors (Lipinski definition) is 12. The van der Waals surface area contributed by atoms with Crippen LogP contribution in [0.1, 0.15) is 34.6 Å². The molecule has 0 radical (unpaired) electrons. The van der Waals surface area contributed by atoms with Crippen LogP contribution in [0.15, 0.2) is 158 Å². The quantitative estimate of drug-likeness (QED) is 0.0228. The fourth-order valence-corrected chi connectivity index (χ4v) is 6.53. The Morgan fingerprint density at radius 2 is 1.01 bits per heavy atom. The summed E-state index contributed by atoms with van der Waals surface area (Å²) in [6.07, 6.45) is -2.07. The number of rotatable bonds is 10. The lowest BCUT2D eigenvalue weighted by atomic mass is 10.1. The average Bonchev–Trinajstić information content (AvgIpc) is 3.76. The highest BCUT2D eigenvalue weighted by Crippen LogP contribution is 2.33. The summed E-state index contributed by atoms with van der Waals surface area (Å²) in [5, 5.41) is 53.7. The first kappa shape index (κ1) is 50.6. The summed E-state index contributed by atoms with van der Waals surface area (Å²) in [6.45, 7) is 17.3. The van der Waals surface area contributed by atoms with Crippen LogP contribution >= 0.6 is 0 Å². The van der Waals surface area contributed by atoms with Crippen molar-refractivity contribution < 1.29 is 39.7 Å². The monoisotopic (exact) mass is 929 g/mol. The number of aliphatic hydroxyl groups is 2. The molecule has 4 atom stereocenters. The molecule has 0 aliphatic carbocycles. The van der Waals surface area contributed by atoms with Gasteiger partial charge in [-0.1, -0.05) is 114 Å². The molecular weight excluding hydrogens is 883 g/mol. The molecule has 69 heavy (non-hydrogen) atoms. The number of aliphatic carboxylic acids is 1. The topological polar surface area (TPSA) is 275 Å². The zero-order valence-corrected chi connectivity index (χ0v) is 37.1. The van der Waals surface area contributed by atoms with Crippen LogP contribution in [0, 0.1) is 13.1 Å². The number of nitrogens with one attached hydrogen (secondary N) is 5. The fraction of sp³-hybridized carbons (Fsp3) is 0.120. The van der Waals surface area contributed by atoms with E-state index < -0.39 is 42.1 Å². The molecule has 7 aromatic carbocycles. The number of carboxylic acid groups (broad SMARTS) is 1. The number of hydrogen-bond donors (Lipinski definition) is 10. The van der Waals surface area contributed by atoms with Crippen LogP contribution in [0.5, 0.6) is 0 Å². The molecule has 0 saturated carbocycles. The molecule has 3 amide bonds. The number of aromatic nitrogens is 3. The lowest BCUT2D eigenvalue weighted by Gasteiger charge is -2.23. The molecule has 19 nitrogen and oxygen atoms in total. The summed E-state index contributed by atoms with van der Waals surface area (Å²) in [4.78, 5) is 54.3. The van der Waals surface area contributed by atoms with E-state index in [-0.39, 0.29) is 5.91 Å². The van der Waals surface area contributed by atoms with Crippen molar-refractivity contribution in [2.45, 2.75) is 38.1 Å². The van der Waals surface area contributed by atoms with Crippen molar-refractivity contribution in [1.82, 2.24) is 31.4 Å². The highest BCUT2D eigenvalue weighted by molar-refractivity contribution is 6.04. The maximum atomic E-state index is 12.6. The predicted octanol–water partition coefficient (Wildman–Crippen LogP) is 6.61. The number of nitrogen functional groups attached to an aromatic ring is 1. The van der Waals surface area contributed by atoms with Gasteiger partial charge in [0.15, 0.2) is 17.4 Å². The van der Waals surface area contributed by atoms with Crippen molar-refractivity contribution in [3.63, 3.8) is 0 Å². The molecule has 350 valence electrons. The van der Waals surface area contributed by atoms with Crippen LogP contribution in [0.2, 0.25) is 0 Å². The van der Waals surface area contributed by atoms with Crippen molar-refractivity contribution in [3.05, 3.63) is 192 Å². The lowest BCUT2D eigenvalue weighted by molar-refractivity contribution is -0.140. The van der Waals surface area contributed by atoms with Crippen molar-refractivity contribution >= 4 is 79.0 Å². The average molecular weight is 930 g/mol. The number of amides is 3. The number of anilines is 2. The number of carbonyl (C=O) groups is 4. The third-order valence-corrected chi connectivity index (χ3v) is 10.0. The Kier molecular flexibility index (Phi) is 18.2.